The zero-order valence-electron chi connectivity index (χ0n) is 10.7. The number of pyridine rings is 1. The van der Waals surface area contributed by atoms with Crippen molar-refractivity contribution in [2.45, 2.75) is 32.2 Å². The maximum Gasteiger partial charge on any atom is 0.252 e. The molecule has 4 N–H and O–H groups in total. The van der Waals surface area contributed by atoms with Gasteiger partial charge in [-0.3, -0.25) is 9.59 Å². The van der Waals surface area contributed by atoms with Gasteiger partial charge in [0.2, 0.25) is 5.56 Å². The largest absolute Gasteiger partial charge is 0.350 e. The molecule has 5 nitrogen and oxygen atoms in total. The first-order valence-electron chi connectivity index (χ1n) is 5.76. The maximum atomic E-state index is 11.7. The van der Waals surface area contributed by atoms with Gasteiger partial charge in [-0.05, 0) is 18.9 Å². The monoisotopic (exact) mass is 273 g/mol. The van der Waals surface area contributed by atoms with Crippen LogP contribution in [-0.4, -0.2) is 23.0 Å². The van der Waals surface area contributed by atoms with E-state index in [9.17, 15) is 9.59 Å². The molecule has 1 amide bonds. The summed E-state index contributed by atoms with van der Waals surface area (Å²) in [6, 6.07) is 2.81. The minimum absolute atomic E-state index is 0. The molecule has 0 fully saturated rings. The Morgan fingerprint density at radius 2 is 2.00 bits per heavy atom. The van der Waals surface area contributed by atoms with Crippen molar-refractivity contribution >= 4 is 18.3 Å². The minimum Gasteiger partial charge on any atom is -0.350 e. The van der Waals surface area contributed by atoms with Crippen LogP contribution in [0.2, 0.25) is 0 Å². The Labute approximate surface area is 113 Å². The second-order valence-corrected chi connectivity index (χ2v) is 4.19. The van der Waals surface area contributed by atoms with Gasteiger partial charge in [0.05, 0.1) is 5.56 Å². The summed E-state index contributed by atoms with van der Waals surface area (Å²) in [6.45, 7) is 4.42. The molecule has 0 spiro atoms. The van der Waals surface area contributed by atoms with Gasteiger partial charge < -0.3 is 16.0 Å². The number of rotatable bonds is 5. The number of aromatic amines is 1. The molecular weight excluding hydrogens is 254 g/mol. The Bertz CT molecular complexity index is 421. The highest BCUT2D eigenvalue weighted by molar-refractivity contribution is 5.93. The number of hydrogen-bond donors (Lipinski definition) is 3. The van der Waals surface area contributed by atoms with E-state index in [0.717, 1.165) is 12.8 Å². The lowest BCUT2D eigenvalue weighted by molar-refractivity contribution is 0.0942. The molecule has 0 aliphatic heterocycles. The number of hydrogen-bond acceptors (Lipinski definition) is 3. The predicted octanol–water partition coefficient (Wildman–Crippen LogP) is 1.04. The van der Waals surface area contributed by atoms with E-state index in [2.05, 4.69) is 10.3 Å². The van der Waals surface area contributed by atoms with Gasteiger partial charge in [-0.2, -0.15) is 0 Å². The third-order valence-corrected chi connectivity index (χ3v) is 3.06. The molecule has 0 bridgehead atoms. The molecule has 1 aromatic rings. The molecule has 1 heterocycles. The van der Waals surface area contributed by atoms with Crippen molar-refractivity contribution in [3.05, 3.63) is 34.2 Å². The van der Waals surface area contributed by atoms with Crippen LogP contribution in [0.3, 0.4) is 0 Å². The van der Waals surface area contributed by atoms with Crippen LogP contribution >= 0.6 is 12.4 Å². The molecule has 1 aromatic heterocycles. The summed E-state index contributed by atoms with van der Waals surface area (Å²) >= 11 is 0. The number of nitrogens with one attached hydrogen (secondary N) is 2. The smallest absolute Gasteiger partial charge is 0.252 e. The minimum atomic E-state index is -0.363. The van der Waals surface area contributed by atoms with Gasteiger partial charge in [-0.15, -0.1) is 12.4 Å². The summed E-state index contributed by atoms with van der Waals surface area (Å²) in [4.78, 5) is 25.1. The van der Waals surface area contributed by atoms with E-state index >= 15 is 0 Å². The fourth-order valence-electron chi connectivity index (χ4n) is 1.41. The third kappa shape index (κ3) is 4.50. The maximum absolute atomic E-state index is 11.7. The van der Waals surface area contributed by atoms with Crippen molar-refractivity contribution in [1.29, 1.82) is 0 Å². The molecule has 0 radical (unpaired) electrons. The van der Waals surface area contributed by atoms with Gasteiger partial charge in [0, 0.05) is 24.3 Å². The average Bonchev–Trinajstić information content (AvgIpc) is 2.36. The lowest BCUT2D eigenvalue weighted by atomic mass is 9.94. The lowest BCUT2D eigenvalue weighted by Gasteiger charge is -2.26. The second kappa shape index (κ2) is 7.18. The van der Waals surface area contributed by atoms with Gasteiger partial charge in [-0.25, -0.2) is 0 Å². The Morgan fingerprint density at radius 1 is 1.39 bits per heavy atom. The highest BCUT2D eigenvalue weighted by Gasteiger charge is 2.21. The molecule has 6 heteroatoms. The van der Waals surface area contributed by atoms with E-state index in [1.54, 1.807) is 0 Å². The predicted molar refractivity (Wildman–Crippen MR) is 74.1 cm³/mol. The van der Waals surface area contributed by atoms with Crippen molar-refractivity contribution in [2.24, 2.45) is 5.73 Å². The Balaban J connectivity index is 0.00000289. The van der Waals surface area contributed by atoms with E-state index < -0.39 is 0 Å². The van der Waals surface area contributed by atoms with Crippen LogP contribution in [0, 0.1) is 0 Å². The number of halogens is 1. The first-order chi connectivity index (χ1) is 8.00. The van der Waals surface area contributed by atoms with E-state index in [0.29, 0.717) is 12.1 Å². The Morgan fingerprint density at radius 3 is 2.44 bits per heavy atom. The number of H-pyrrole nitrogens is 1. The first-order valence-corrected chi connectivity index (χ1v) is 5.76. The summed E-state index contributed by atoms with van der Waals surface area (Å²) < 4.78 is 0. The number of nitrogens with two attached hydrogens (primary N) is 1. The first kappa shape index (κ1) is 16.7. The summed E-state index contributed by atoms with van der Waals surface area (Å²) in [7, 11) is 0. The normalized spacial score (nSPS) is 10.6. The molecule has 18 heavy (non-hydrogen) atoms. The number of carbonyl (C=O) groups excluding carboxylic acids is 1. The summed E-state index contributed by atoms with van der Waals surface area (Å²) in [6.07, 6.45) is 3.00. The highest BCUT2D eigenvalue weighted by atomic mass is 35.5. The Hall–Kier alpha value is -1.33. The van der Waals surface area contributed by atoms with Crippen molar-refractivity contribution in [3.63, 3.8) is 0 Å². The number of carbonyl (C=O) groups is 1. The molecule has 1 rings (SSSR count). The lowest BCUT2D eigenvalue weighted by Crippen LogP contribution is -2.49. The number of aromatic nitrogens is 1. The topological polar surface area (TPSA) is 88.0 Å². The molecule has 102 valence electrons. The second-order valence-electron chi connectivity index (χ2n) is 4.19. The van der Waals surface area contributed by atoms with Gasteiger partial charge in [-0.1, -0.05) is 13.8 Å². The average molecular weight is 274 g/mol. The van der Waals surface area contributed by atoms with Crippen LogP contribution in [0.15, 0.2) is 23.1 Å². The van der Waals surface area contributed by atoms with Crippen LogP contribution in [0.25, 0.3) is 0 Å². The van der Waals surface area contributed by atoms with Crippen LogP contribution in [0.4, 0.5) is 0 Å². The van der Waals surface area contributed by atoms with Gasteiger partial charge in [0.25, 0.3) is 5.91 Å². The molecule has 0 saturated heterocycles. The van der Waals surface area contributed by atoms with Crippen molar-refractivity contribution in [1.82, 2.24) is 10.3 Å². The fraction of sp³-hybridized carbons (Fsp3) is 0.500. The molecular formula is C12H20ClN3O2. The van der Waals surface area contributed by atoms with Crippen LogP contribution in [0.1, 0.15) is 37.0 Å². The van der Waals surface area contributed by atoms with E-state index in [-0.39, 0.29) is 29.4 Å². The van der Waals surface area contributed by atoms with Crippen molar-refractivity contribution < 1.29 is 4.79 Å². The molecule has 0 aliphatic rings. The zero-order chi connectivity index (χ0) is 12.9. The van der Waals surface area contributed by atoms with E-state index in [1.165, 1.54) is 18.3 Å². The third-order valence-electron chi connectivity index (χ3n) is 3.06. The standard InChI is InChI=1S/C12H19N3O2.ClH/c1-3-12(13,4-2)8-15-11(17)9-5-6-10(16)14-7-9;/h5-7H,3-4,8,13H2,1-2H3,(H,14,16)(H,15,17);1H. The van der Waals surface area contributed by atoms with Gasteiger partial charge >= 0.3 is 0 Å². The SMILES string of the molecule is CCC(N)(CC)CNC(=O)c1ccc(=O)[nH]c1.Cl. The molecule has 0 aromatic carbocycles. The molecule has 0 saturated carbocycles. The van der Waals surface area contributed by atoms with Crippen molar-refractivity contribution in [2.75, 3.05) is 6.54 Å². The quantitative estimate of drug-likeness (QED) is 0.749. The van der Waals surface area contributed by atoms with E-state index in [1.807, 2.05) is 13.8 Å². The van der Waals surface area contributed by atoms with Crippen molar-refractivity contribution in [3.8, 4) is 0 Å². The summed E-state index contributed by atoms with van der Waals surface area (Å²) in [5, 5.41) is 2.77. The van der Waals surface area contributed by atoms with Gasteiger partial charge in [0.1, 0.15) is 0 Å². The summed E-state index contributed by atoms with van der Waals surface area (Å²) in [5.74, 6) is -0.224. The van der Waals surface area contributed by atoms with Crippen LogP contribution < -0.4 is 16.6 Å². The van der Waals surface area contributed by atoms with Crippen LogP contribution in [-0.2, 0) is 0 Å². The molecule has 0 atom stereocenters. The zero-order valence-corrected chi connectivity index (χ0v) is 11.5. The van der Waals surface area contributed by atoms with Crippen LogP contribution in [0.5, 0.6) is 0 Å². The molecule has 0 unspecified atom stereocenters. The Kier molecular flexibility index (Phi) is 6.65. The summed E-state index contributed by atoms with van der Waals surface area (Å²) in [5.41, 5.74) is 5.92. The molecule has 0 aliphatic carbocycles. The highest BCUT2D eigenvalue weighted by Crippen LogP contribution is 2.09. The fourth-order valence-corrected chi connectivity index (χ4v) is 1.41. The van der Waals surface area contributed by atoms with Gasteiger partial charge in [0.15, 0.2) is 0 Å². The van der Waals surface area contributed by atoms with E-state index in [4.69, 9.17) is 5.73 Å². The number of amides is 1.